The molecule has 2 heterocycles. The molecule has 0 N–H and O–H groups in total. The van der Waals surface area contributed by atoms with Crippen LogP contribution in [0, 0.1) is 5.82 Å². The molecule has 0 saturated carbocycles. The fraction of sp³-hybridized carbons (Fsp3) is 0.308. The van der Waals surface area contributed by atoms with Crippen molar-refractivity contribution in [2.24, 2.45) is 0 Å². The largest absolute Gasteiger partial charge is 0.294 e. The number of aromatic nitrogens is 3. The van der Waals surface area contributed by atoms with Crippen molar-refractivity contribution in [3.05, 3.63) is 83.9 Å². The van der Waals surface area contributed by atoms with Crippen LogP contribution in [0.5, 0.6) is 0 Å². The number of likely N-dealkylation sites (tertiary alicyclic amines) is 1. The van der Waals surface area contributed by atoms with Crippen LogP contribution in [0.3, 0.4) is 0 Å². The van der Waals surface area contributed by atoms with Crippen molar-refractivity contribution in [1.82, 2.24) is 19.7 Å². The Bertz CT molecular complexity index is 1190. The lowest BCUT2D eigenvalue weighted by Crippen LogP contribution is -2.33. The fourth-order valence-corrected chi connectivity index (χ4v) is 5.47. The molecule has 0 radical (unpaired) electrons. The van der Waals surface area contributed by atoms with Gasteiger partial charge in [0.05, 0.1) is 6.04 Å². The van der Waals surface area contributed by atoms with Crippen LogP contribution in [0.25, 0.3) is 16.5 Å². The maximum atomic E-state index is 13.6. The summed E-state index contributed by atoms with van der Waals surface area (Å²) < 4.78 is 15.7. The molecule has 1 atom stereocenters. The molecule has 4 aromatic rings. The van der Waals surface area contributed by atoms with Crippen LogP contribution in [0.4, 0.5) is 4.39 Å². The molecule has 5 rings (SSSR count). The highest BCUT2D eigenvalue weighted by Gasteiger charge is 2.25. The minimum absolute atomic E-state index is 0.153. The SMILES string of the molecule is CC(c1nnc(SCc2cccc3ccccc23)n1-c1ccc(F)cc1)N1CCCCC1. The number of piperidine rings is 1. The minimum Gasteiger partial charge on any atom is -0.294 e. The molecule has 1 saturated heterocycles. The normalized spacial score (nSPS) is 15.8. The van der Waals surface area contributed by atoms with E-state index in [1.54, 1.807) is 11.8 Å². The molecule has 32 heavy (non-hydrogen) atoms. The first-order valence-electron chi connectivity index (χ1n) is 11.3. The van der Waals surface area contributed by atoms with Crippen LogP contribution < -0.4 is 0 Å². The first-order valence-corrected chi connectivity index (χ1v) is 12.2. The summed E-state index contributed by atoms with van der Waals surface area (Å²) in [5, 5.41) is 12.5. The second-order valence-corrected chi connectivity index (χ2v) is 9.29. The topological polar surface area (TPSA) is 34.0 Å². The van der Waals surface area contributed by atoms with Crippen molar-refractivity contribution >= 4 is 22.5 Å². The standard InChI is InChI=1S/C26H27FN4S/c1-19(30-16-5-2-6-17-30)25-28-29-26(31(25)23-14-12-22(27)13-15-23)32-18-21-10-7-9-20-8-3-4-11-24(20)21/h3-4,7-15,19H,2,5-6,16-18H2,1H3. The third kappa shape index (κ3) is 4.30. The predicted octanol–water partition coefficient (Wildman–Crippen LogP) is 6.40. The Morgan fingerprint density at radius 1 is 0.906 bits per heavy atom. The highest BCUT2D eigenvalue weighted by atomic mass is 32.2. The van der Waals surface area contributed by atoms with Gasteiger partial charge in [0.2, 0.25) is 0 Å². The average Bonchev–Trinajstić information content (AvgIpc) is 3.27. The van der Waals surface area contributed by atoms with Crippen molar-refractivity contribution < 1.29 is 4.39 Å². The Labute approximate surface area is 192 Å². The lowest BCUT2D eigenvalue weighted by molar-refractivity contribution is 0.167. The molecular weight excluding hydrogens is 419 g/mol. The number of thioether (sulfide) groups is 1. The molecular formula is C26H27FN4S. The molecule has 0 aliphatic carbocycles. The van der Waals surface area contributed by atoms with Gasteiger partial charge in [-0.25, -0.2) is 4.39 Å². The average molecular weight is 447 g/mol. The van der Waals surface area contributed by atoms with E-state index in [1.165, 1.54) is 47.7 Å². The summed E-state index contributed by atoms with van der Waals surface area (Å²) in [6.07, 6.45) is 3.73. The predicted molar refractivity (Wildman–Crippen MR) is 129 cm³/mol. The van der Waals surface area contributed by atoms with E-state index in [2.05, 4.69) is 69.1 Å². The van der Waals surface area contributed by atoms with E-state index in [-0.39, 0.29) is 11.9 Å². The van der Waals surface area contributed by atoms with Gasteiger partial charge in [-0.2, -0.15) is 0 Å². The lowest BCUT2D eigenvalue weighted by Gasteiger charge is -2.31. The van der Waals surface area contributed by atoms with Crippen molar-refractivity contribution in [2.75, 3.05) is 13.1 Å². The van der Waals surface area contributed by atoms with Crippen LogP contribution in [-0.4, -0.2) is 32.8 Å². The Balaban J connectivity index is 1.48. The van der Waals surface area contributed by atoms with Gasteiger partial charge in [-0.1, -0.05) is 60.6 Å². The molecule has 0 amide bonds. The van der Waals surface area contributed by atoms with Gasteiger partial charge in [0.1, 0.15) is 5.82 Å². The Hall–Kier alpha value is -2.70. The number of benzene rings is 3. The molecule has 0 bridgehead atoms. The smallest absolute Gasteiger partial charge is 0.196 e. The molecule has 164 valence electrons. The Kier molecular flexibility index (Phi) is 6.23. The van der Waals surface area contributed by atoms with Gasteiger partial charge < -0.3 is 0 Å². The third-order valence-corrected chi connectivity index (χ3v) is 7.27. The van der Waals surface area contributed by atoms with Crippen molar-refractivity contribution in [1.29, 1.82) is 0 Å². The third-order valence-electron chi connectivity index (χ3n) is 6.29. The van der Waals surface area contributed by atoms with Crippen LogP contribution >= 0.6 is 11.8 Å². The number of nitrogens with zero attached hydrogens (tertiary/aromatic N) is 4. The minimum atomic E-state index is -0.239. The molecule has 3 aromatic carbocycles. The van der Waals surface area contributed by atoms with E-state index in [9.17, 15) is 4.39 Å². The molecule has 1 aliphatic heterocycles. The van der Waals surface area contributed by atoms with E-state index in [0.29, 0.717) is 0 Å². The van der Waals surface area contributed by atoms with E-state index in [4.69, 9.17) is 0 Å². The number of hydrogen-bond acceptors (Lipinski definition) is 4. The van der Waals surface area contributed by atoms with Crippen LogP contribution in [0.2, 0.25) is 0 Å². The van der Waals surface area contributed by atoms with Gasteiger partial charge in [-0.05, 0) is 73.5 Å². The van der Waals surface area contributed by atoms with Gasteiger partial charge in [-0.15, -0.1) is 10.2 Å². The highest BCUT2D eigenvalue weighted by Crippen LogP contribution is 2.32. The summed E-state index contributed by atoms with van der Waals surface area (Å²) in [6.45, 7) is 4.36. The summed E-state index contributed by atoms with van der Waals surface area (Å²) in [4.78, 5) is 2.48. The van der Waals surface area contributed by atoms with E-state index >= 15 is 0 Å². The first-order chi connectivity index (χ1) is 15.7. The summed E-state index contributed by atoms with van der Waals surface area (Å²) in [6, 6.07) is 21.7. The first kappa shape index (κ1) is 21.2. The Morgan fingerprint density at radius 2 is 1.66 bits per heavy atom. The zero-order chi connectivity index (χ0) is 21.9. The van der Waals surface area contributed by atoms with Crippen molar-refractivity contribution in [2.45, 2.75) is 43.1 Å². The summed E-state index contributed by atoms with van der Waals surface area (Å²) >= 11 is 1.68. The maximum absolute atomic E-state index is 13.6. The monoisotopic (exact) mass is 446 g/mol. The van der Waals surface area contributed by atoms with Crippen molar-refractivity contribution in [3.8, 4) is 5.69 Å². The second-order valence-electron chi connectivity index (χ2n) is 8.35. The zero-order valence-electron chi connectivity index (χ0n) is 18.2. The lowest BCUT2D eigenvalue weighted by atomic mass is 10.1. The van der Waals surface area contributed by atoms with E-state index < -0.39 is 0 Å². The van der Waals surface area contributed by atoms with Gasteiger partial charge in [-0.3, -0.25) is 9.47 Å². The fourth-order valence-electron chi connectivity index (χ4n) is 4.51. The molecule has 1 aliphatic rings. The van der Waals surface area contributed by atoms with Gasteiger partial charge in [0, 0.05) is 11.4 Å². The van der Waals surface area contributed by atoms with Crippen LogP contribution in [0.1, 0.15) is 43.6 Å². The zero-order valence-corrected chi connectivity index (χ0v) is 19.1. The van der Waals surface area contributed by atoms with Crippen LogP contribution in [-0.2, 0) is 5.75 Å². The molecule has 0 spiro atoms. The summed E-state index contributed by atoms with van der Waals surface area (Å²) in [7, 11) is 0. The van der Waals surface area contributed by atoms with Gasteiger partial charge in [0.25, 0.3) is 0 Å². The molecule has 1 unspecified atom stereocenters. The van der Waals surface area contributed by atoms with E-state index in [1.807, 2.05) is 12.1 Å². The number of hydrogen-bond donors (Lipinski definition) is 0. The summed E-state index contributed by atoms with van der Waals surface area (Å²) in [5.74, 6) is 1.47. The van der Waals surface area contributed by atoms with Gasteiger partial charge >= 0.3 is 0 Å². The molecule has 6 heteroatoms. The van der Waals surface area contributed by atoms with Gasteiger partial charge in [0.15, 0.2) is 11.0 Å². The molecule has 1 fully saturated rings. The highest BCUT2D eigenvalue weighted by molar-refractivity contribution is 7.98. The Morgan fingerprint density at radius 3 is 2.47 bits per heavy atom. The maximum Gasteiger partial charge on any atom is 0.196 e. The van der Waals surface area contributed by atoms with E-state index in [0.717, 1.165) is 35.5 Å². The van der Waals surface area contributed by atoms with Crippen molar-refractivity contribution in [3.63, 3.8) is 0 Å². The molecule has 4 nitrogen and oxygen atoms in total. The number of fused-ring (bicyclic) bond motifs is 1. The number of rotatable bonds is 6. The summed E-state index contributed by atoms with van der Waals surface area (Å²) in [5.41, 5.74) is 2.17. The molecule has 1 aromatic heterocycles. The second kappa shape index (κ2) is 9.43. The number of halogens is 1. The van der Waals surface area contributed by atoms with Crippen LogP contribution in [0.15, 0.2) is 71.9 Å². The quantitative estimate of drug-likeness (QED) is 0.321.